The van der Waals surface area contributed by atoms with Crippen LogP contribution >= 0.6 is 0 Å². The standard InChI is InChI=1S/C19H17FO4/c1-13(19(22)15-7-10-16(23-2)11-8-15)24-18(21)12-9-14-5-3-4-6-17(14)20/h3-13H,1-2H3/b12-9+/t13-/m1/s1. The summed E-state index contributed by atoms with van der Waals surface area (Å²) in [6, 6.07) is 12.5. The molecule has 0 radical (unpaired) electrons. The minimum atomic E-state index is -0.948. The number of hydrogen-bond donors (Lipinski definition) is 0. The lowest BCUT2D eigenvalue weighted by molar-refractivity contribution is -0.140. The molecular formula is C19H17FO4. The molecule has 0 bridgehead atoms. The van der Waals surface area contributed by atoms with Gasteiger partial charge in [0, 0.05) is 17.2 Å². The van der Waals surface area contributed by atoms with Crippen molar-refractivity contribution in [1.29, 1.82) is 0 Å². The van der Waals surface area contributed by atoms with E-state index < -0.39 is 17.9 Å². The fraction of sp³-hybridized carbons (Fsp3) is 0.158. The van der Waals surface area contributed by atoms with Crippen molar-refractivity contribution in [3.05, 3.63) is 71.6 Å². The van der Waals surface area contributed by atoms with Crippen LogP contribution in [0.4, 0.5) is 4.39 Å². The van der Waals surface area contributed by atoms with Crippen molar-refractivity contribution in [3.63, 3.8) is 0 Å². The molecule has 0 aliphatic rings. The Morgan fingerprint density at radius 3 is 2.38 bits per heavy atom. The fourth-order valence-electron chi connectivity index (χ4n) is 2.03. The highest BCUT2D eigenvalue weighted by Gasteiger charge is 2.18. The topological polar surface area (TPSA) is 52.6 Å². The third-order valence-electron chi connectivity index (χ3n) is 3.34. The van der Waals surface area contributed by atoms with Crippen molar-refractivity contribution in [1.82, 2.24) is 0 Å². The van der Waals surface area contributed by atoms with Gasteiger partial charge in [0.25, 0.3) is 0 Å². The predicted octanol–water partition coefficient (Wildman–Crippen LogP) is 3.66. The third kappa shape index (κ3) is 4.52. The number of rotatable bonds is 6. The Morgan fingerprint density at radius 2 is 1.75 bits per heavy atom. The Balaban J connectivity index is 1.97. The van der Waals surface area contributed by atoms with Crippen LogP contribution in [0.25, 0.3) is 6.08 Å². The van der Waals surface area contributed by atoms with Crippen molar-refractivity contribution in [2.75, 3.05) is 7.11 Å². The molecule has 0 heterocycles. The van der Waals surface area contributed by atoms with E-state index in [9.17, 15) is 14.0 Å². The molecule has 24 heavy (non-hydrogen) atoms. The van der Waals surface area contributed by atoms with Gasteiger partial charge < -0.3 is 9.47 Å². The van der Waals surface area contributed by atoms with Gasteiger partial charge in [-0.25, -0.2) is 9.18 Å². The molecular weight excluding hydrogens is 311 g/mol. The number of ketones is 1. The molecule has 0 amide bonds. The van der Waals surface area contributed by atoms with Crippen molar-refractivity contribution in [2.45, 2.75) is 13.0 Å². The molecule has 0 aliphatic carbocycles. The summed E-state index contributed by atoms with van der Waals surface area (Å²) in [6.07, 6.45) is 1.45. The van der Waals surface area contributed by atoms with E-state index in [1.54, 1.807) is 36.4 Å². The SMILES string of the molecule is COc1ccc(C(=O)[C@@H](C)OC(=O)/C=C/c2ccccc2F)cc1. The van der Waals surface area contributed by atoms with Crippen molar-refractivity contribution >= 4 is 17.8 Å². The van der Waals surface area contributed by atoms with Crippen LogP contribution in [0.15, 0.2) is 54.6 Å². The number of methoxy groups -OCH3 is 1. The van der Waals surface area contributed by atoms with E-state index in [-0.39, 0.29) is 11.3 Å². The Hall–Kier alpha value is -2.95. The summed E-state index contributed by atoms with van der Waals surface area (Å²) in [4.78, 5) is 24.0. The molecule has 124 valence electrons. The average molecular weight is 328 g/mol. The van der Waals surface area contributed by atoms with Crippen LogP contribution in [0.1, 0.15) is 22.8 Å². The molecule has 0 saturated carbocycles. The van der Waals surface area contributed by atoms with E-state index >= 15 is 0 Å². The second-order valence-corrected chi connectivity index (χ2v) is 5.03. The second kappa shape index (κ2) is 8.06. The van der Waals surface area contributed by atoms with Crippen molar-refractivity contribution in [2.24, 2.45) is 0 Å². The lowest BCUT2D eigenvalue weighted by Crippen LogP contribution is -2.23. The Labute approximate surface area is 139 Å². The molecule has 0 N–H and O–H groups in total. The van der Waals surface area contributed by atoms with E-state index in [0.29, 0.717) is 11.3 Å². The Morgan fingerprint density at radius 1 is 1.08 bits per heavy atom. The quantitative estimate of drug-likeness (QED) is 0.461. The van der Waals surface area contributed by atoms with E-state index in [2.05, 4.69) is 0 Å². The van der Waals surface area contributed by atoms with Gasteiger partial charge >= 0.3 is 5.97 Å². The van der Waals surface area contributed by atoms with Crippen LogP contribution in [0.3, 0.4) is 0 Å². The van der Waals surface area contributed by atoms with Crippen LogP contribution in [0.5, 0.6) is 5.75 Å². The summed E-state index contributed by atoms with van der Waals surface area (Å²) in [7, 11) is 1.53. The minimum absolute atomic E-state index is 0.267. The van der Waals surface area contributed by atoms with Gasteiger partial charge in [0.2, 0.25) is 5.78 Å². The Bertz CT molecular complexity index is 750. The fourth-order valence-corrected chi connectivity index (χ4v) is 2.03. The van der Waals surface area contributed by atoms with E-state index in [4.69, 9.17) is 9.47 Å². The number of esters is 1. The second-order valence-electron chi connectivity index (χ2n) is 5.03. The third-order valence-corrected chi connectivity index (χ3v) is 3.34. The molecule has 5 heteroatoms. The number of ether oxygens (including phenoxy) is 2. The van der Waals surface area contributed by atoms with Gasteiger partial charge in [0.15, 0.2) is 6.10 Å². The molecule has 0 aliphatic heterocycles. The van der Waals surface area contributed by atoms with E-state index in [1.165, 1.54) is 32.2 Å². The van der Waals surface area contributed by atoms with Crippen LogP contribution < -0.4 is 4.74 Å². The average Bonchev–Trinajstić information content (AvgIpc) is 2.60. The molecule has 0 spiro atoms. The first-order valence-electron chi connectivity index (χ1n) is 7.32. The minimum Gasteiger partial charge on any atom is -0.497 e. The monoisotopic (exact) mass is 328 g/mol. The smallest absolute Gasteiger partial charge is 0.331 e. The van der Waals surface area contributed by atoms with Crippen LogP contribution in [0, 0.1) is 5.82 Å². The van der Waals surface area contributed by atoms with Crippen LogP contribution in [-0.2, 0) is 9.53 Å². The largest absolute Gasteiger partial charge is 0.497 e. The van der Waals surface area contributed by atoms with Gasteiger partial charge in [0.1, 0.15) is 11.6 Å². The first-order valence-corrected chi connectivity index (χ1v) is 7.32. The zero-order valence-electron chi connectivity index (χ0n) is 13.4. The van der Waals surface area contributed by atoms with Gasteiger partial charge in [-0.15, -0.1) is 0 Å². The number of hydrogen-bond acceptors (Lipinski definition) is 4. The molecule has 0 unspecified atom stereocenters. The summed E-state index contributed by atoms with van der Waals surface area (Å²) in [6.45, 7) is 1.49. The summed E-state index contributed by atoms with van der Waals surface area (Å²) in [5.41, 5.74) is 0.678. The molecule has 2 aromatic carbocycles. The van der Waals surface area contributed by atoms with Gasteiger partial charge in [-0.3, -0.25) is 4.79 Å². The lowest BCUT2D eigenvalue weighted by atomic mass is 10.1. The maximum Gasteiger partial charge on any atom is 0.331 e. The van der Waals surface area contributed by atoms with Gasteiger partial charge in [-0.2, -0.15) is 0 Å². The lowest BCUT2D eigenvalue weighted by Gasteiger charge is -2.11. The normalized spacial score (nSPS) is 12.0. The number of carbonyl (C=O) groups excluding carboxylic acids is 2. The first kappa shape index (κ1) is 17.4. The van der Waals surface area contributed by atoms with Gasteiger partial charge in [0.05, 0.1) is 7.11 Å². The van der Waals surface area contributed by atoms with Crippen molar-refractivity contribution in [3.8, 4) is 5.75 Å². The van der Waals surface area contributed by atoms with Crippen LogP contribution in [-0.4, -0.2) is 25.0 Å². The molecule has 2 rings (SSSR count). The predicted molar refractivity (Wildman–Crippen MR) is 88.3 cm³/mol. The summed E-state index contributed by atoms with van der Waals surface area (Å²) in [5, 5.41) is 0. The maximum absolute atomic E-state index is 13.4. The maximum atomic E-state index is 13.4. The summed E-state index contributed by atoms with van der Waals surface area (Å²) < 4.78 is 23.5. The van der Waals surface area contributed by atoms with Gasteiger partial charge in [-0.05, 0) is 43.3 Å². The highest BCUT2D eigenvalue weighted by atomic mass is 19.1. The summed E-state index contributed by atoms with van der Waals surface area (Å²) >= 11 is 0. The highest BCUT2D eigenvalue weighted by Crippen LogP contribution is 2.14. The number of benzene rings is 2. The van der Waals surface area contributed by atoms with Crippen LogP contribution in [0.2, 0.25) is 0 Å². The molecule has 4 nitrogen and oxygen atoms in total. The summed E-state index contributed by atoms with van der Waals surface area (Å²) in [5.74, 6) is -0.856. The molecule has 0 saturated heterocycles. The zero-order valence-corrected chi connectivity index (χ0v) is 13.4. The molecule has 0 fully saturated rings. The van der Waals surface area contributed by atoms with Gasteiger partial charge in [-0.1, -0.05) is 18.2 Å². The van der Waals surface area contributed by atoms with Crippen molar-refractivity contribution < 1.29 is 23.5 Å². The number of Topliss-reactive ketones (excluding diaryl/α,β-unsaturated/α-hetero) is 1. The molecule has 0 aromatic heterocycles. The van der Waals surface area contributed by atoms with E-state index in [0.717, 1.165) is 6.08 Å². The number of halogens is 1. The Kier molecular flexibility index (Phi) is 5.84. The number of carbonyl (C=O) groups is 2. The first-order chi connectivity index (χ1) is 11.5. The van der Waals surface area contributed by atoms with E-state index in [1.807, 2.05) is 0 Å². The zero-order chi connectivity index (χ0) is 17.5. The molecule has 2 aromatic rings. The molecule has 1 atom stereocenters. The highest BCUT2D eigenvalue weighted by molar-refractivity contribution is 6.01.